The summed E-state index contributed by atoms with van der Waals surface area (Å²) in [5.41, 5.74) is 6.01. The van der Waals surface area contributed by atoms with Gasteiger partial charge < -0.3 is 16.2 Å². The Hall–Kier alpha value is -1.92. The summed E-state index contributed by atoms with van der Waals surface area (Å²) in [5, 5.41) is 12.0. The van der Waals surface area contributed by atoms with E-state index in [9.17, 15) is 14.7 Å². The zero-order valence-corrected chi connectivity index (χ0v) is 12.1. The molecule has 6 heteroatoms. The summed E-state index contributed by atoms with van der Waals surface area (Å²) < 4.78 is 0. The highest BCUT2D eigenvalue weighted by Crippen LogP contribution is 2.27. The summed E-state index contributed by atoms with van der Waals surface area (Å²) in [4.78, 5) is 25.2. The Labute approximate surface area is 123 Å². The monoisotopic (exact) mass is 291 g/mol. The number of amides is 2. The first-order valence-electron chi connectivity index (χ1n) is 7.01. The maximum atomic E-state index is 12.0. The van der Waals surface area contributed by atoms with E-state index in [1.165, 1.54) is 0 Å². The zero-order chi connectivity index (χ0) is 15.4. The first-order valence-corrected chi connectivity index (χ1v) is 7.01. The van der Waals surface area contributed by atoms with Gasteiger partial charge >= 0.3 is 0 Å². The Bertz CT molecular complexity index is 527. The fourth-order valence-electron chi connectivity index (χ4n) is 2.60. The number of likely N-dealkylation sites (N-methyl/N-ethyl adjacent to an activating group) is 1. The van der Waals surface area contributed by atoms with Crippen LogP contribution in [0.3, 0.4) is 0 Å². The molecule has 0 atom stereocenters. The Morgan fingerprint density at radius 1 is 1.38 bits per heavy atom. The number of nitrogens with two attached hydrogens (primary N) is 1. The molecular formula is C15H21N3O3. The Balaban J connectivity index is 1.85. The molecule has 1 fully saturated rings. The fourth-order valence-corrected chi connectivity index (χ4v) is 2.60. The molecule has 6 nitrogen and oxygen atoms in total. The van der Waals surface area contributed by atoms with Crippen LogP contribution >= 0.6 is 0 Å². The second-order valence-corrected chi connectivity index (χ2v) is 5.65. The zero-order valence-electron chi connectivity index (χ0n) is 12.1. The first kappa shape index (κ1) is 15.5. The number of primary amides is 1. The predicted molar refractivity (Wildman–Crippen MR) is 79.8 cm³/mol. The van der Waals surface area contributed by atoms with Crippen LogP contribution in [0, 0.1) is 5.92 Å². The van der Waals surface area contributed by atoms with E-state index in [-0.39, 0.29) is 18.6 Å². The molecule has 1 aromatic rings. The van der Waals surface area contributed by atoms with Gasteiger partial charge in [0.05, 0.1) is 23.9 Å². The van der Waals surface area contributed by atoms with Gasteiger partial charge in [-0.25, -0.2) is 0 Å². The van der Waals surface area contributed by atoms with Gasteiger partial charge in [0.15, 0.2) is 0 Å². The van der Waals surface area contributed by atoms with E-state index in [4.69, 9.17) is 5.73 Å². The molecule has 0 unspecified atom stereocenters. The summed E-state index contributed by atoms with van der Waals surface area (Å²) in [6.07, 6.45) is 1.42. The number of aliphatic hydroxyl groups excluding tert-OH is 1. The molecule has 1 saturated carbocycles. The second kappa shape index (κ2) is 6.69. The van der Waals surface area contributed by atoms with Crippen LogP contribution in [0.5, 0.6) is 0 Å². The van der Waals surface area contributed by atoms with Crippen molar-refractivity contribution >= 4 is 17.5 Å². The average Bonchev–Trinajstić information content (AvgIpc) is 2.37. The summed E-state index contributed by atoms with van der Waals surface area (Å²) in [6, 6.07) is 6.67. The van der Waals surface area contributed by atoms with Crippen LogP contribution in [-0.2, 0) is 4.79 Å². The molecule has 0 heterocycles. The van der Waals surface area contributed by atoms with E-state index in [1.807, 2.05) is 11.9 Å². The third kappa shape index (κ3) is 4.27. The predicted octanol–water partition coefficient (Wildman–Crippen LogP) is 0.427. The molecule has 1 aromatic carbocycles. The highest BCUT2D eigenvalue weighted by Gasteiger charge is 2.28. The minimum absolute atomic E-state index is 0.181. The van der Waals surface area contributed by atoms with Gasteiger partial charge in [0, 0.05) is 6.54 Å². The van der Waals surface area contributed by atoms with Gasteiger partial charge in [-0.1, -0.05) is 12.1 Å². The number of carbonyl (C=O) groups is 2. The normalized spacial score (nSPS) is 20.9. The molecule has 0 aromatic heterocycles. The molecule has 0 aliphatic heterocycles. The van der Waals surface area contributed by atoms with Crippen molar-refractivity contribution in [3.63, 3.8) is 0 Å². The van der Waals surface area contributed by atoms with Crippen molar-refractivity contribution in [2.75, 3.05) is 25.5 Å². The van der Waals surface area contributed by atoms with Crippen LogP contribution in [0.1, 0.15) is 23.2 Å². The van der Waals surface area contributed by atoms with E-state index in [2.05, 4.69) is 5.32 Å². The van der Waals surface area contributed by atoms with Crippen molar-refractivity contribution < 1.29 is 14.7 Å². The van der Waals surface area contributed by atoms with Crippen molar-refractivity contribution in [1.82, 2.24) is 4.90 Å². The van der Waals surface area contributed by atoms with Crippen LogP contribution in [0.15, 0.2) is 24.3 Å². The molecule has 4 N–H and O–H groups in total. The molecule has 2 amide bonds. The number of hydrogen-bond donors (Lipinski definition) is 3. The fraction of sp³-hybridized carbons (Fsp3) is 0.467. The summed E-state index contributed by atoms with van der Waals surface area (Å²) >= 11 is 0. The summed E-state index contributed by atoms with van der Waals surface area (Å²) in [7, 11) is 1.87. The molecule has 0 radical (unpaired) electrons. The SMILES string of the molecule is CN(CC(=O)Nc1ccccc1C(N)=O)CC1CC(O)C1. The highest BCUT2D eigenvalue weighted by atomic mass is 16.3. The van der Waals surface area contributed by atoms with E-state index in [1.54, 1.807) is 24.3 Å². The molecule has 0 spiro atoms. The number of para-hydroxylation sites is 1. The van der Waals surface area contributed by atoms with Crippen molar-refractivity contribution in [2.45, 2.75) is 18.9 Å². The first-order chi connectivity index (χ1) is 9.95. The Morgan fingerprint density at radius 3 is 2.67 bits per heavy atom. The van der Waals surface area contributed by atoms with Gasteiger partial charge in [-0.2, -0.15) is 0 Å². The number of aliphatic hydroxyl groups is 1. The van der Waals surface area contributed by atoms with Crippen LogP contribution in [0.25, 0.3) is 0 Å². The lowest BCUT2D eigenvalue weighted by Gasteiger charge is -2.34. The van der Waals surface area contributed by atoms with Gasteiger partial charge in [-0.3, -0.25) is 14.5 Å². The van der Waals surface area contributed by atoms with Crippen LogP contribution < -0.4 is 11.1 Å². The van der Waals surface area contributed by atoms with Crippen molar-refractivity contribution in [1.29, 1.82) is 0 Å². The number of anilines is 1. The third-order valence-corrected chi connectivity index (χ3v) is 3.66. The maximum absolute atomic E-state index is 12.0. The summed E-state index contributed by atoms with van der Waals surface area (Å²) in [5.74, 6) is -0.301. The quantitative estimate of drug-likeness (QED) is 0.708. The topological polar surface area (TPSA) is 95.7 Å². The largest absolute Gasteiger partial charge is 0.393 e. The number of benzene rings is 1. The number of nitrogens with zero attached hydrogens (tertiary/aromatic N) is 1. The molecule has 1 aliphatic rings. The van der Waals surface area contributed by atoms with E-state index >= 15 is 0 Å². The minimum Gasteiger partial charge on any atom is -0.393 e. The molecule has 0 bridgehead atoms. The Morgan fingerprint density at radius 2 is 2.05 bits per heavy atom. The molecule has 1 aliphatic carbocycles. The molecular weight excluding hydrogens is 270 g/mol. The minimum atomic E-state index is -0.567. The van der Waals surface area contributed by atoms with Gasteiger partial charge in [0.25, 0.3) is 5.91 Å². The number of nitrogens with one attached hydrogen (secondary N) is 1. The standard InChI is InChI=1S/C15H21N3O3/c1-18(8-10-6-11(19)7-10)9-14(20)17-13-5-3-2-4-12(13)15(16)21/h2-5,10-11,19H,6-9H2,1H3,(H2,16,21)(H,17,20). The average molecular weight is 291 g/mol. The lowest BCUT2D eigenvalue weighted by atomic mass is 9.82. The highest BCUT2D eigenvalue weighted by molar-refractivity contribution is 6.03. The molecule has 114 valence electrons. The van der Waals surface area contributed by atoms with Crippen LogP contribution in [0.4, 0.5) is 5.69 Å². The van der Waals surface area contributed by atoms with Gasteiger partial charge in [-0.05, 0) is 37.9 Å². The van der Waals surface area contributed by atoms with Gasteiger partial charge in [0.1, 0.15) is 0 Å². The van der Waals surface area contributed by atoms with Crippen molar-refractivity contribution in [3.8, 4) is 0 Å². The van der Waals surface area contributed by atoms with Crippen LogP contribution in [-0.4, -0.2) is 48.1 Å². The van der Waals surface area contributed by atoms with E-state index < -0.39 is 5.91 Å². The second-order valence-electron chi connectivity index (χ2n) is 5.65. The lowest BCUT2D eigenvalue weighted by Crippen LogP contribution is -2.40. The number of rotatable bonds is 6. The number of hydrogen-bond acceptors (Lipinski definition) is 4. The molecule has 0 saturated heterocycles. The summed E-state index contributed by atoms with van der Waals surface area (Å²) in [6.45, 7) is 1.02. The Kier molecular flexibility index (Phi) is 4.93. The maximum Gasteiger partial charge on any atom is 0.250 e. The van der Waals surface area contributed by atoms with E-state index in [0.29, 0.717) is 17.2 Å². The lowest BCUT2D eigenvalue weighted by molar-refractivity contribution is -0.117. The molecule has 2 rings (SSSR count). The van der Waals surface area contributed by atoms with Crippen molar-refractivity contribution in [2.24, 2.45) is 11.7 Å². The smallest absolute Gasteiger partial charge is 0.250 e. The van der Waals surface area contributed by atoms with Crippen molar-refractivity contribution in [3.05, 3.63) is 29.8 Å². The van der Waals surface area contributed by atoms with Gasteiger partial charge in [-0.15, -0.1) is 0 Å². The third-order valence-electron chi connectivity index (χ3n) is 3.66. The number of carbonyl (C=O) groups excluding carboxylic acids is 2. The van der Waals surface area contributed by atoms with Crippen LogP contribution in [0.2, 0.25) is 0 Å². The van der Waals surface area contributed by atoms with Gasteiger partial charge in [0.2, 0.25) is 5.91 Å². The molecule has 21 heavy (non-hydrogen) atoms. The van der Waals surface area contributed by atoms with E-state index in [0.717, 1.165) is 19.4 Å².